The van der Waals surface area contributed by atoms with Gasteiger partial charge in [0.25, 0.3) is 0 Å². The minimum atomic E-state index is -0.299. The first-order chi connectivity index (χ1) is 16.6. The van der Waals surface area contributed by atoms with E-state index >= 15 is 0 Å². The van der Waals surface area contributed by atoms with E-state index in [0.29, 0.717) is 17.6 Å². The smallest absolute Gasteiger partial charge is 0.302 e. The molecule has 0 aromatic carbocycles. The molecule has 5 aliphatic carbocycles. The van der Waals surface area contributed by atoms with Crippen molar-refractivity contribution in [1.29, 1.82) is 5.26 Å². The third-order valence-corrected chi connectivity index (χ3v) is 13.1. The number of carbonyl (C=O) groups excluding carboxylic acids is 2. The average Bonchev–Trinajstić information content (AvgIpc) is 2.78. The Balaban J connectivity index is 1.58. The SMILES string of the molecule is CC(=O)O[C@H]1CC[C@]2(C)[C@H]3C(=O)C=C4[C@@H]5C[C@@](C)(C#N)CC[C@]5(C)CC[C@@]4(C)[C@]3(C)CC[C@H]2C1(C)C. The lowest BCUT2D eigenvalue weighted by Crippen LogP contribution is -2.66. The van der Waals surface area contributed by atoms with Gasteiger partial charge in [-0.25, -0.2) is 0 Å². The van der Waals surface area contributed by atoms with E-state index < -0.39 is 0 Å². The molecule has 0 N–H and O–H groups in total. The Kier molecular flexibility index (Phi) is 5.56. The second-order valence-corrected chi connectivity index (χ2v) is 15.3. The number of hydrogen-bond acceptors (Lipinski definition) is 4. The molecule has 4 nitrogen and oxygen atoms in total. The van der Waals surface area contributed by atoms with Crippen molar-refractivity contribution in [2.24, 2.45) is 50.2 Å². The monoisotopic (exact) mass is 493 g/mol. The molecule has 0 aliphatic heterocycles. The maximum atomic E-state index is 14.3. The molecule has 9 atom stereocenters. The van der Waals surface area contributed by atoms with Crippen molar-refractivity contribution >= 4 is 11.8 Å². The molecule has 0 aromatic heterocycles. The van der Waals surface area contributed by atoms with Crippen LogP contribution in [0.2, 0.25) is 0 Å². The largest absolute Gasteiger partial charge is 0.462 e. The molecule has 0 amide bonds. The van der Waals surface area contributed by atoms with Crippen LogP contribution in [0.25, 0.3) is 0 Å². The molecule has 0 unspecified atom stereocenters. The van der Waals surface area contributed by atoms with Crippen LogP contribution in [-0.4, -0.2) is 17.9 Å². The highest BCUT2D eigenvalue weighted by molar-refractivity contribution is 5.95. The molecular formula is C32H47NO3. The second kappa shape index (κ2) is 7.70. The summed E-state index contributed by atoms with van der Waals surface area (Å²) >= 11 is 0. The average molecular weight is 494 g/mol. The van der Waals surface area contributed by atoms with Crippen molar-refractivity contribution in [3.63, 3.8) is 0 Å². The molecule has 5 aliphatic rings. The molecule has 4 heteroatoms. The summed E-state index contributed by atoms with van der Waals surface area (Å²) in [7, 11) is 0. The fourth-order valence-corrected chi connectivity index (χ4v) is 10.7. The standard InChI is InChI=1S/C32H47NO3/c1-20(34)36-25-10-11-30(6)24(27(25,2)3)9-12-32(8)26(30)23(35)17-21-22-18-28(4,19-33)13-14-29(22,5)15-16-31(21,32)7/h17,22,24-26H,9-16,18H2,1-8H3/t22-,24-,25-,26+,28-,29+,30-,31+,32+/m0/s1. The lowest BCUT2D eigenvalue weighted by atomic mass is 9.33. The second-order valence-electron chi connectivity index (χ2n) is 15.3. The first-order valence-corrected chi connectivity index (χ1v) is 14.4. The van der Waals surface area contributed by atoms with Crippen LogP contribution in [0, 0.1) is 61.6 Å². The van der Waals surface area contributed by atoms with Crippen LogP contribution in [0.1, 0.15) is 113 Å². The van der Waals surface area contributed by atoms with Crippen molar-refractivity contribution < 1.29 is 14.3 Å². The molecule has 5 rings (SSSR count). The van der Waals surface area contributed by atoms with Gasteiger partial charge in [-0.2, -0.15) is 5.26 Å². The van der Waals surface area contributed by atoms with Gasteiger partial charge in [0, 0.05) is 18.3 Å². The van der Waals surface area contributed by atoms with Gasteiger partial charge in [-0.05, 0) is 104 Å². The van der Waals surface area contributed by atoms with Crippen LogP contribution in [0.4, 0.5) is 0 Å². The zero-order valence-corrected chi connectivity index (χ0v) is 23.9. The number of esters is 1. The number of ketones is 1. The van der Waals surface area contributed by atoms with Crippen molar-refractivity contribution in [2.75, 3.05) is 0 Å². The molecule has 0 radical (unpaired) electrons. The Hall–Kier alpha value is -1.63. The summed E-state index contributed by atoms with van der Waals surface area (Å²) in [4.78, 5) is 26.2. The van der Waals surface area contributed by atoms with E-state index in [-0.39, 0.29) is 50.5 Å². The Morgan fingerprint density at radius 3 is 2.28 bits per heavy atom. The minimum absolute atomic E-state index is 0.00893. The molecule has 0 bridgehead atoms. The van der Waals surface area contributed by atoms with E-state index in [9.17, 15) is 14.9 Å². The zero-order chi connectivity index (χ0) is 26.5. The van der Waals surface area contributed by atoms with Crippen LogP contribution in [0.15, 0.2) is 11.6 Å². The molecule has 0 spiro atoms. The highest BCUT2D eigenvalue weighted by Crippen LogP contribution is 2.75. The summed E-state index contributed by atoms with van der Waals surface area (Å²) in [5.41, 5.74) is 0.886. The fourth-order valence-electron chi connectivity index (χ4n) is 10.7. The van der Waals surface area contributed by atoms with Crippen molar-refractivity contribution in [1.82, 2.24) is 0 Å². The number of ether oxygens (including phenoxy) is 1. The van der Waals surface area contributed by atoms with E-state index in [1.807, 2.05) is 0 Å². The Bertz CT molecular complexity index is 1070. The van der Waals surface area contributed by atoms with Crippen LogP contribution >= 0.6 is 0 Å². The molecule has 4 fully saturated rings. The minimum Gasteiger partial charge on any atom is -0.462 e. The summed E-state index contributed by atoms with van der Waals surface area (Å²) in [5, 5.41) is 10.00. The van der Waals surface area contributed by atoms with Crippen LogP contribution < -0.4 is 0 Å². The highest BCUT2D eigenvalue weighted by atomic mass is 16.5. The van der Waals surface area contributed by atoms with Gasteiger partial charge in [-0.1, -0.05) is 47.1 Å². The fraction of sp³-hybridized carbons (Fsp3) is 0.844. The molecule has 0 heterocycles. The van der Waals surface area contributed by atoms with Gasteiger partial charge in [0.15, 0.2) is 5.78 Å². The van der Waals surface area contributed by atoms with Gasteiger partial charge in [0.1, 0.15) is 6.10 Å². The highest BCUT2D eigenvalue weighted by Gasteiger charge is 2.70. The molecule has 4 saturated carbocycles. The third kappa shape index (κ3) is 3.23. The number of carbonyl (C=O) groups is 2. The van der Waals surface area contributed by atoms with E-state index in [1.165, 1.54) is 18.9 Å². The molecular weight excluding hydrogens is 446 g/mol. The van der Waals surface area contributed by atoms with Gasteiger partial charge in [-0.15, -0.1) is 0 Å². The summed E-state index contributed by atoms with van der Waals surface area (Å²) in [6, 6.07) is 2.64. The van der Waals surface area contributed by atoms with Gasteiger partial charge in [0.05, 0.1) is 11.5 Å². The summed E-state index contributed by atoms with van der Waals surface area (Å²) in [6.45, 7) is 17.9. The first-order valence-electron chi connectivity index (χ1n) is 14.4. The van der Waals surface area contributed by atoms with Gasteiger partial charge < -0.3 is 4.74 Å². The normalized spacial score (nSPS) is 51.4. The van der Waals surface area contributed by atoms with Crippen LogP contribution in [0.3, 0.4) is 0 Å². The van der Waals surface area contributed by atoms with E-state index in [2.05, 4.69) is 60.6 Å². The number of rotatable bonds is 1. The van der Waals surface area contributed by atoms with Crippen molar-refractivity contribution in [3.8, 4) is 6.07 Å². The van der Waals surface area contributed by atoms with Gasteiger partial charge >= 0.3 is 5.97 Å². The summed E-state index contributed by atoms with van der Waals surface area (Å²) in [6.07, 6.45) is 11.1. The lowest BCUT2D eigenvalue weighted by molar-refractivity contribution is -0.210. The predicted molar refractivity (Wildman–Crippen MR) is 141 cm³/mol. The zero-order valence-electron chi connectivity index (χ0n) is 23.9. The van der Waals surface area contributed by atoms with Gasteiger partial charge in [0.2, 0.25) is 0 Å². The van der Waals surface area contributed by atoms with Gasteiger partial charge in [-0.3, -0.25) is 9.59 Å². The third-order valence-electron chi connectivity index (χ3n) is 13.1. The number of fused-ring (bicyclic) bond motifs is 7. The quantitative estimate of drug-likeness (QED) is 0.356. The Labute approximate surface area is 218 Å². The van der Waals surface area contributed by atoms with Crippen molar-refractivity contribution in [2.45, 2.75) is 119 Å². The number of hydrogen-bond donors (Lipinski definition) is 0. The maximum absolute atomic E-state index is 14.3. The number of nitrogens with zero attached hydrogens (tertiary/aromatic N) is 1. The van der Waals surface area contributed by atoms with Crippen molar-refractivity contribution in [3.05, 3.63) is 11.6 Å². The molecule has 0 aromatic rings. The Morgan fingerprint density at radius 1 is 0.972 bits per heavy atom. The van der Waals surface area contributed by atoms with E-state index in [1.54, 1.807) is 0 Å². The van der Waals surface area contributed by atoms with E-state index in [4.69, 9.17) is 4.74 Å². The first kappa shape index (κ1) is 26.0. The summed E-state index contributed by atoms with van der Waals surface area (Å²) < 4.78 is 5.83. The summed E-state index contributed by atoms with van der Waals surface area (Å²) in [5.74, 6) is 0.776. The molecule has 0 saturated heterocycles. The Morgan fingerprint density at radius 2 is 1.64 bits per heavy atom. The number of nitriles is 1. The predicted octanol–water partition coefficient (Wildman–Crippen LogP) is 7.42. The molecule has 36 heavy (non-hydrogen) atoms. The number of allylic oxidation sites excluding steroid dienone is 2. The maximum Gasteiger partial charge on any atom is 0.302 e. The van der Waals surface area contributed by atoms with E-state index in [0.717, 1.165) is 51.4 Å². The molecule has 198 valence electrons. The lowest BCUT2D eigenvalue weighted by Gasteiger charge is -2.70. The van der Waals surface area contributed by atoms with Crippen LogP contribution in [0.5, 0.6) is 0 Å². The van der Waals surface area contributed by atoms with Crippen LogP contribution in [-0.2, 0) is 14.3 Å². The topological polar surface area (TPSA) is 67.2 Å².